The van der Waals surface area contributed by atoms with Crippen molar-refractivity contribution in [3.63, 3.8) is 0 Å². The molecule has 1 aromatic heterocycles. The van der Waals surface area contributed by atoms with Gasteiger partial charge in [-0.15, -0.1) is 0 Å². The average Bonchev–Trinajstić information content (AvgIpc) is 2.46. The molecule has 5 heteroatoms. The van der Waals surface area contributed by atoms with Crippen LogP contribution in [0.1, 0.15) is 11.3 Å². The molecule has 1 heterocycles. The Balaban J connectivity index is 2.08. The molecule has 0 fully saturated rings. The van der Waals surface area contributed by atoms with E-state index in [1.807, 2.05) is 12.1 Å². The summed E-state index contributed by atoms with van der Waals surface area (Å²) >= 11 is 3.33. The van der Waals surface area contributed by atoms with E-state index in [0.717, 1.165) is 15.7 Å². The number of nitrogens with zero attached hydrogens (tertiary/aromatic N) is 1. The third-order valence-electron chi connectivity index (χ3n) is 2.57. The molecule has 0 aliphatic heterocycles. The fourth-order valence-electron chi connectivity index (χ4n) is 1.57. The van der Waals surface area contributed by atoms with Crippen molar-refractivity contribution >= 4 is 15.9 Å². The lowest BCUT2D eigenvalue weighted by molar-refractivity contribution is 0.272. The average molecular weight is 324 g/mol. The van der Waals surface area contributed by atoms with Gasteiger partial charge in [0.05, 0.1) is 19.4 Å². The molecule has 19 heavy (non-hydrogen) atoms. The molecule has 0 aliphatic rings. The zero-order valence-electron chi connectivity index (χ0n) is 10.5. The van der Waals surface area contributed by atoms with Crippen molar-refractivity contribution < 1.29 is 14.6 Å². The highest BCUT2D eigenvalue weighted by Gasteiger charge is 2.06. The molecule has 0 radical (unpaired) electrons. The molecular formula is C14H14BrNO3. The Hall–Kier alpha value is -1.59. The van der Waals surface area contributed by atoms with E-state index >= 15 is 0 Å². The van der Waals surface area contributed by atoms with E-state index < -0.39 is 0 Å². The standard InChI is InChI=1S/C14H14BrNO3/c1-18-14-6-10(8-17)2-5-13(14)19-9-12-4-3-11(15)7-16-12/h2-7,17H,8-9H2,1H3. The number of halogens is 1. The molecule has 1 aromatic carbocycles. The molecule has 0 unspecified atom stereocenters. The lowest BCUT2D eigenvalue weighted by Crippen LogP contribution is -2.00. The molecule has 4 nitrogen and oxygen atoms in total. The summed E-state index contributed by atoms with van der Waals surface area (Å²) in [5.74, 6) is 1.23. The van der Waals surface area contributed by atoms with Crippen LogP contribution in [0.3, 0.4) is 0 Å². The highest BCUT2D eigenvalue weighted by Crippen LogP contribution is 2.28. The third kappa shape index (κ3) is 3.68. The summed E-state index contributed by atoms with van der Waals surface area (Å²) in [6.07, 6.45) is 1.73. The number of rotatable bonds is 5. The molecular weight excluding hydrogens is 310 g/mol. The van der Waals surface area contributed by atoms with Crippen molar-refractivity contribution in [3.05, 3.63) is 52.3 Å². The molecule has 1 N–H and O–H groups in total. The molecule has 2 aromatic rings. The Morgan fingerprint density at radius 3 is 2.68 bits per heavy atom. The molecule has 0 saturated carbocycles. The first kappa shape index (κ1) is 13.8. The van der Waals surface area contributed by atoms with Crippen LogP contribution < -0.4 is 9.47 Å². The van der Waals surface area contributed by atoms with E-state index in [4.69, 9.17) is 14.6 Å². The van der Waals surface area contributed by atoms with Crippen molar-refractivity contribution in [1.82, 2.24) is 4.98 Å². The number of aliphatic hydroxyl groups excluding tert-OH is 1. The van der Waals surface area contributed by atoms with Crippen molar-refractivity contribution in [1.29, 1.82) is 0 Å². The van der Waals surface area contributed by atoms with Crippen LogP contribution >= 0.6 is 15.9 Å². The topological polar surface area (TPSA) is 51.6 Å². The van der Waals surface area contributed by atoms with Gasteiger partial charge in [-0.1, -0.05) is 6.07 Å². The number of aliphatic hydroxyl groups is 1. The van der Waals surface area contributed by atoms with Gasteiger partial charge in [0.1, 0.15) is 6.61 Å². The van der Waals surface area contributed by atoms with E-state index in [1.165, 1.54) is 0 Å². The summed E-state index contributed by atoms with van der Waals surface area (Å²) in [5, 5.41) is 9.07. The highest BCUT2D eigenvalue weighted by atomic mass is 79.9. The number of pyridine rings is 1. The van der Waals surface area contributed by atoms with Gasteiger partial charge in [0.2, 0.25) is 0 Å². The third-order valence-corrected chi connectivity index (χ3v) is 3.04. The van der Waals surface area contributed by atoms with Gasteiger partial charge < -0.3 is 14.6 Å². The molecule has 0 spiro atoms. The van der Waals surface area contributed by atoms with Gasteiger partial charge in [-0.05, 0) is 45.8 Å². The van der Waals surface area contributed by atoms with Gasteiger partial charge in [-0.3, -0.25) is 4.98 Å². The SMILES string of the molecule is COc1cc(CO)ccc1OCc1ccc(Br)cn1. The van der Waals surface area contributed by atoms with Gasteiger partial charge in [0, 0.05) is 10.7 Å². The minimum Gasteiger partial charge on any atom is -0.493 e. The van der Waals surface area contributed by atoms with E-state index in [-0.39, 0.29) is 6.61 Å². The number of benzene rings is 1. The Kier molecular flexibility index (Phi) is 4.76. The van der Waals surface area contributed by atoms with E-state index in [1.54, 1.807) is 31.5 Å². The van der Waals surface area contributed by atoms with Crippen LogP contribution in [0, 0.1) is 0 Å². The van der Waals surface area contributed by atoms with Crippen LogP contribution in [-0.2, 0) is 13.2 Å². The van der Waals surface area contributed by atoms with Crippen LogP contribution in [0.5, 0.6) is 11.5 Å². The van der Waals surface area contributed by atoms with Crippen LogP contribution in [0.2, 0.25) is 0 Å². The van der Waals surface area contributed by atoms with Crippen LogP contribution in [0.4, 0.5) is 0 Å². The number of aromatic nitrogens is 1. The van der Waals surface area contributed by atoms with Crippen molar-refractivity contribution in [2.45, 2.75) is 13.2 Å². The van der Waals surface area contributed by atoms with E-state index in [9.17, 15) is 0 Å². The normalized spacial score (nSPS) is 10.3. The van der Waals surface area contributed by atoms with Gasteiger partial charge in [0.25, 0.3) is 0 Å². The molecule has 0 aliphatic carbocycles. The summed E-state index contributed by atoms with van der Waals surface area (Å²) in [4.78, 5) is 4.23. The van der Waals surface area contributed by atoms with Crippen LogP contribution in [-0.4, -0.2) is 17.2 Å². The Labute approximate surface area is 120 Å². The zero-order chi connectivity index (χ0) is 13.7. The summed E-state index contributed by atoms with van der Waals surface area (Å²) in [6, 6.07) is 9.14. The van der Waals surface area contributed by atoms with Gasteiger partial charge in [-0.25, -0.2) is 0 Å². The van der Waals surface area contributed by atoms with Crippen molar-refractivity contribution in [2.75, 3.05) is 7.11 Å². The predicted octanol–water partition coefficient (Wildman–Crippen LogP) is 2.92. The monoisotopic (exact) mass is 323 g/mol. The minimum absolute atomic E-state index is 0.0229. The smallest absolute Gasteiger partial charge is 0.161 e. The largest absolute Gasteiger partial charge is 0.493 e. The number of methoxy groups -OCH3 is 1. The maximum atomic E-state index is 9.07. The quantitative estimate of drug-likeness (QED) is 0.919. The van der Waals surface area contributed by atoms with Gasteiger partial charge in [-0.2, -0.15) is 0 Å². The maximum absolute atomic E-state index is 9.07. The molecule has 0 bridgehead atoms. The second kappa shape index (κ2) is 6.54. The molecule has 0 amide bonds. The second-order valence-corrected chi connectivity index (χ2v) is 4.82. The van der Waals surface area contributed by atoms with Crippen LogP contribution in [0.15, 0.2) is 41.0 Å². The molecule has 0 atom stereocenters. The fourth-order valence-corrected chi connectivity index (χ4v) is 1.81. The lowest BCUT2D eigenvalue weighted by Gasteiger charge is -2.11. The zero-order valence-corrected chi connectivity index (χ0v) is 12.1. The van der Waals surface area contributed by atoms with Crippen LogP contribution in [0.25, 0.3) is 0 Å². The highest BCUT2D eigenvalue weighted by molar-refractivity contribution is 9.10. The van der Waals surface area contributed by atoms with Crippen molar-refractivity contribution in [3.8, 4) is 11.5 Å². The second-order valence-electron chi connectivity index (χ2n) is 3.90. The molecule has 100 valence electrons. The lowest BCUT2D eigenvalue weighted by atomic mass is 10.2. The summed E-state index contributed by atoms with van der Waals surface area (Å²) in [7, 11) is 1.57. The van der Waals surface area contributed by atoms with E-state index in [2.05, 4.69) is 20.9 Å². The fraction of sp³-hybridized carbons (Fsp3) is 0.214. The first-order chi connectivity index (χ1) is 9.22. The Bertz CT molecular complexity index is 543. The Morgan fingerprint density at radius 1 is 1.21 bits per heavy atom. The number of ether oxygens (including phenoxy) is 2. The predicted molar refractivity (Wildman–Crippen MR) is 75.2 cm³/mol. The number of hydrogen-bond donors (Lipinski definition) is 1. The van der Waals surface area contributed by atoms with Crippen molar-refractivity contribution in [2.24, 2.45) is 0 Å². The molecule has 0 saturated heterocycles. The maximum Gasteiger partial charge on any atom is 0.161 e. The van der Waals surface area contributed by atoms with Gasteiger partial charge in [0.15, 0.2) is 11.5 Å². The minimum atomic E-state index is -0.0229. The number of hydrogen-bond acceptors (Lipinski definition) is 4. The summed E-state index contributed by atoms with van der Waals surface area (Å²) in [6.45, 7) is 0.340. The summed E-state index contributed by atoms with van der Waals surface area (Å²) < 4.78 is 11.8. The first-order valence-corrected chi connectivity index (χ1v) is 6.53. The summed E-state index contributed by atoms with van der Waals surface area (Å²) in [5.41, 5.74) is 1.61. The Morgan fingerprint density at radius 2 is 2.05 bits per heavy atom. The molecule has 2 rings (SSSR count). The van der Waals surface area contributed by atoms with E-state index in [0.29, 0.717) is 18.1 Å². The van der Waals surface area contributed by atoms with Gasteiger partial charge >= 0.3 is 0 Å². The first-order valence-electron chi connectivity index (χ1n) is 5.74.